The zero-order valence-electron chi connectivity index (χ0n) is 22.9. The maximum Gasteiger partial charge on any atom is 0.323 e. The number of aromatic nitrogens is 1. The second-order valence-corrected chi connectivity index (χ2v) is 9.87. The summed E-state index contributed by atoms with van der Waals surface area (Å²) in [5.41, 5.74) is 4.10. The Morgan fingerprint density at radius 1 is 1.02 bits per heavy atom. The Balaban J connectivity index is 1.19. The lowest BCUT2D eigenvalue weighted by molar-refractivity contribution is 0.0302. The van der Waals surface area contributed by atoms with Crippen molar-refractivity contribution in [3.63, 3.8) is 0 Å². The molecule has 1 saturated heterocycles. The van der Waals surface area contributed by atoms with Crippen molar-refractivity contribution in [3.8, 4) is 0 Å². The third-order valence-corrected chi connectivity index (χ3v) is 7.08. The van der Waals surface area contributed by atoms with Gasteiger partial charge in [0.05, 0.1) is 30.7 Å². The van der Waals surface area contributed by atoms with Crippen molar-refractivity contribution in [2.45, 2.75) is 6.92 Å². The van der Waals surface area contributed by atoms with E-state index >= 15 is 0 Å². The van der Waals surface area contributed by atoms with Crippen LogP contribution in [0, 0.1) is 12.7 Å². The Labute approximate surface area is 242 Å². The molecule has 3 aliphatic heterocycles. The number of halogens is 1. The second-order valence-electron chi connectivity index (χ2n) is 9.87. The molecule has 4 heterocycles. The van der Waals surface area contributed by atoms with Gasteiger partial charge in [0.2, 0.25) is 6.67 Å². The Hall–Kier alpha value is -5.07. The van der Waals surface area contributed by atoms with E-state index in [9.17, 15) is 14.0 Å². The van der Waals surface area contributed by atoms with E-state index in [1.54, 1.807) is 29.4 Å². The summed E-state index contributed by atoms with van der Waals surface area (Å²) in [7, 11) is 0. The number of urea groups is 1. The lowest BCUT2D eigenvalue weighted by Gasteiger charge is -2.28. The molecule has 1 fully saturated rings. The van der Waals surface area contributed by atoms with Gasteiger partial charge in [-0.15, -0.1) is 0 Å². The van der Waals surface area contributed by atoms with Crippen LogP contribution in [0.25, 0.3) is 0 Å². The fourth-order valence-electron chi connectivity index (χ4n) is 4.89. The fourth-order valence-corrected chi connectivity index (χ4v) is 4.89. The first-order valence-corrected chi connectivity index (χ1v) is 13.5. The fraction of sp³-hybridized carbons (Fsp3) is 0.200. The second kappa shape index (κ2) is 11.8. The number of ether oxygens (including phenoxy) is 1. The van der Waals surface area contributed by atoms with E-state index in [2.05, 4.69) is 25.9 Å². The van der Waals surface area contributed by atoms with Crippen molar-refractivity contribution in [3.05, 3.63) is 102 Å². The minimum absolute atomic E-state index is 0.0636. The largest absolute Gasteiger partial charge is 0.378 e. The SMILES string of the molecule is Cc1c(NC(=O)Nc2ccc(F)cc2)cccc1N1C=C(Nc2ccc(C(=O)N3CCOCC3)cn2)C2=NC=C[N+]2C1. The highest BCUT2D eigenvalue weighted by molar-refractivity contribution is 6.06. The highest BCUT2D eigenvalue weighted by atomic mass is 19.1. The number of morpholine rings is 1. The van der Waals surface area contributed by atoms with Gasteiger partial charge in [-0.25, -0.2) is 14.2 Å². The standard InChI is InChI=1S/C30H29FN8O3/c1-20-24(36-30(41)34-23-8-6-22(31)7-9-23)3-2-4-26(20)39-18-25(28-32-11-12-38(28)19-39)35-27-10-5-21(17-33-27)29(40)37-13-15-42-16-14-37/h2-12,17-18H,13-16,19H2,1H3,(H,33,35)(H2,34,36,41)/q+1. The number of hydrogen-bond acceptors (Lipinski definition) is 8. The molecule has 3 aromatic rings. The van der Waals surface area contributed by atoms with Crippen LogP contribution < -0.4 is 25.8 Å². The zero-order chi connectivity index (χ0) is 29.1. The summed E-state index contributed by atoms with van der Waals surface area (Å²) < 4.78 is 18.5. The van der Waals surface area contributed by atoms with Gasteiger partial charge in [-0.2, -0.15) is 4.99 Å². The van der Waals surface area contributed by atoms with Crippen molar-refractivity contribution in [1.29, 1.82) is 0 Å². The van der Waals surface area contributed by atoms with Gasteiger partial charge < -0.3 is 25.6 Å². The van der Waals surface area contributed by atoms with Gasteiger partial charge in [0.25, 0.3) is 5.91 Å². The number of amidine groups is 1. The number of benzene rings is 2. The summed E-state index contributed by atoms with van der Waals surface area (Å²) in [5, 5.41) is 8.94. The number of pyridine rings is 1. The molecule has 213 valence electrons. The van der Waals surface area contributed by atoms with Crippen molar-refractivity contribution in [2.24, 2.45) is 4.99 Å². The molecule has 2 aromatic carbocycles. The van der Waals surface area contributed by atoms with Crippen LogP contribution in [0.2, 0.25) is 0 Å². The Morgan fingerprint density at radius 3 is 2.60 bits per heavy atom. The predicted octanol–water partition coefficient (Wildman–Crippen LogP) is 4.40. The van der Waals surface area contributed by atoms with Crippen LogP contribution in [0.1, 0.15) is 15.9 Å². The molecule has 0 unspecified atom stereocenters. The number of rotatable bonds is 6. The Bertz CT molecular complexity index is 1580. The highest BCUT2D eigenvalue weighted by Crippen LogP contribution is 2.30. The van der Waals surface area contributed by atoms with Crippen LogP contribution in [-0.4, -0.2) is 60.6 Å². The molecular weight excluding hydrogens is 539 g/mol. The average molecular weight is 569 g/mol. The van der Waals surface area contributed by atoms with Gasteiger partial charge in [-0.3, -0.25) is 9.69 Å². The number of carbonyl (C=O) groups is 2. The molecule has 0 saturated carbocycles. The van der Waals surface area contributed by atoms with Crippen LogP contribution in [0.3, 0.4) is 0 Å². The smallest absolute Gasteiger partial charge is 0.323 e. The van der Waals surface area contributed by atoms with Crippen molar-refractivity contribution in [1.82, 2.24) is 14.8 Å². The minimum Gasteiger partial charge on any atom is -0.378 e. The highest BCUT2D eigenvalue weighted by Gasteiger charge is 2.36. The maximum atomic E-state index is 13.2. The maximum absolute atomic E-state index is 13.2. The van der Waals surface area contributed by atoms with Crippen LogP contribution in [0.4, 0.5) is 32.1 Å². The number of nitrogens with one attached hydrogen (secondary N) is 3. The molecule has 12 heteroatoms. The topological polar surface area (TPSA) is 117 Å². The van der Waals surface area contributed by atoms with Crippen LogP contribution >= 0.6 is 0 Å². The lowest BCUT2D eigenvalue weighted by Crippen LogP contribution is -2.46. The van der Waals surface area contributed by atoms with Gasteiger partial charge in [-0.05, 0) is 61.0 Å². The van der Waals surface area contributed by atoms with Crippen LogP contribution in [-0.2, 0) is 4.74 Å². The van der Waals surface area contributed by atoms with E-state index in [4.69, 9.17) is 4.74 Å². The zero-order valence-corrected chi connectivity index (χ0v) is 22.9. The first kappa shape index (κ1) is 27.1. The van der Waals surface area contributed by atoms with Crippen molar-refractivity contribution < 1.29 is 18.7 Å². The van der Waals surface area contributed by atoms with Gasteiger partial charge in [0.1, 0.15) is 17.3 Å². The molecule has 3 aliphatic rings. The van der Waals surface area contributed by atoms with Crippen molar-refractivity contribution >= 4 is 40.7 Å². The molecule has 1 aromatic heterocycles. The Morgan fingerprint density at radius 2 is 1.83 bits per heavy atom. The van der Waals surface area contributed by atoms with Crippen LogP contribution in [0.5, 0.6) is 0 Å². The number of hydrogen-bond donors (Lipinski definition) is 3. The number of fused-ring (bicyclic) bond motifs is 1. The molecule has 3 amide bonds. The Kier molecular flexibility index (Phi) is 7.62. The van der Waals surface area contributed by atoms with E-state index in [-0.39, 0.29) is 11.7 Å². The number of anilines is 4. The van der Waals surface area contributed by atoms with E-state index in [1.165, 1.54) is 24.3 Å². The quantitative estimate of drug-likeness (QED) is 0.380. The summed E-state index contributed by atoms with van der Waals surface area (Å²) in [6, 6.07) is 14.3. The predicted molar refractivity (Wildman–Crippen MR) is 159 cm³/mol. The molecule has 0 spiro atoms. The minimum atomic E-state index is -0.433. The van der Waals surface area contributed by atoms with Gasteiger partial charge in [0.15, 0.2) is 6.20 Å². The molecular formula is C30H29FN8O3+. The number of amides is 3. The van der Waals surface area contributed by atoms with E-state index < -0.39 is 6.03 Å². The first-order valence-electron chi connectivity index (χ1n) is 13.5. The van der Waals surface area contributed by atoms with E-state index in [0.717, 1.165) is 22.8 Å². The number of carbonyl (C=O) groups excluding carboxylic acids is 2. The van der Waals surface area contributed by atoms with Gasteiger partial charge in [-0.1, -0.05) is 11.0 Å². The van der Waals surface area contributed by atoms with Gasteiger partial charge in [0, 0.05) is 36.9 Å². The average Bonchev–Trinajstić information content (AvgIpc) is 3.49. The molecule has 42 heavy (non-hydrogen) atoms. The molecule has 6 rings (SSSR count). The summed E-state index contributed by atoms with van der Waals surface area (Å²) in [5.74, 6) is 0.875. The number of aliphatic imine (C=N–C) groups is 1. The molecule has 0 aliphatic carbocycles. The van der Waals surface area contributed by atoms with Crippen LogP contribution in [0.15, 0.2) is 90.1 Å². The lowest BCUT2D eigenvalue weighted by atomic mass is 10.1. The van der Waals surface area contributed by atoms with E-state index in [1.807, 2.05) is 47.3 Å². The summed E-state index contributed by atoms with van der Waals surface area (Å²) >= 11 is 0. The normalized spacial score (nSPS) is 16.4. The monoisotopic (exact) mass is 568 g/mol. The third kappa shape index (κ3) is 5.85. The third-order valence-electron chi connectivity index (χ3n) is 7.08. The van der Waals surface area contributed by atoms with Gasteiger partial charge >= 0.3 is 11.9 Å². The summed E-state index contributed by atoms with van der Waals surface area (Å²) in [6.07, 6.45) is 7.14. The molecule has 11 nitrogen and oxygen atoms in total. The number of nitrogens with zero attached hydrogens (tertiary/aromatic N) is 5. The molecule has 0 atom stereocenters. The molecule has 1 radical (unpaired) electrons. The summed E-state index contributed by atoms with van der Waals surface area (Å²) in [6.45, 7) is 4.65. The van der Waals surface area contributed by atoms with E-state index in [0.29, 0.717) is 55.7 Å². The molecule has 3 N–H and O–H groups in total. The first-order chi connectivity index (χ1) is 20.4. The van der Waals surface area contributed by atoms with Crippen molar-refractivity contribution in [2.75, 3.05) is 53.8 Å². The molecule has 0 bridgehead atoms. The summed E-state index contributed by atoms with van der Waals surface area (Å²) in [4.78, 5) is 40.3.